The SMILES string of the molecule is CNCC1CCN(C(=O)C2CCN(C(=O)CCc3ccccc3)CC2)CC1.Cl. The Kier molecular flexibility index (Phi) is 9.26. The maximum Gasteiger partial charge on any atom is 0.225 e. The van der Waals surface area contributed by atoms with Crippen molar-refractivity contribution >= 4 is 24.2 Å². The maximum absolute atomic E-state index is 12.8. The van der Waals surface area contributed by atoms with Crippen molar-refractivity contribution < 1.29 is 9.59 Å². The zero-order chi connectivity index (χ0) is 19.1. The van der Waals surface area contributed by atoms with Gasteiger partial charge in [0.2, 0.25) is 11.8 Å². The van der Waals surface area contributed by atoms with Crippen molar-refractivity contribution in [3.63, 3.8) is 0 Å². The van der Waals surface area contributed by atoms with Gasteiger partial charge in [-0.3, -0.25) is 9.59 Å². The Morgan fingerprint density at radius 2 is 1.57 bits per heavy atom. The summed E-state index contributed by atoms with van der Waals surface area (Å²) in [4.78, 5) is 29.3. The Morgan fingerprint density at radius 3 is 2.18 bits per heavy atom. The number of rotatable bonds is 6. The fraction of sp³-hybridized carbons (Fsp3) is 0.636. The zero-order valence-corrected chi connectivity index (χ0v) is 17.8. The minimum absolute atomic E-state index is 0. The highest BCUT2D eigenvalue weighted by Gasteiger charge is 2.31. The number of hydrogen-bond acceptors (Lipinski definition) is 3. The van der Waals surface area contributed by atoms with Gasteiger partial charge in [-0.2, -0.15) is 0 Å². The number of likely N-dealkylation sites (tertiary alicyclic amines) is 2. The lowest BCUT2D eigenvalue weighted by Gasteiger charge is -2.37. The van der Waals surface area contributed by atoms with Crippen LogP contribution in [0.5, 0.6) is 0 Å². The van der Waals surface area contributed by atoms with Gasteiger partial charge in [0, 0.05) is 38.5 Å². The topological polar surface area (TPSA) is 52.7 Å². The number of benzene rings is 1. The van der Waals surface area contributed by atoms with E-state index in [1.54, 1.807) is 0 Å². The van der Waals surface area contributed by atoms with Crippen molar-refractivity contribution in [3.05, 3.63) is 35.9 Å². The van der Waals surface area contributed by atoms with Gasteiger partial charge >= 0.3 is 0 Å². The predicted octanol–water partition coefficient (Wildman–Crippen LogP) is 2.74. The molecule has 0 radical (unpaired) electrons. The van der Waals surface area contributed by atoms with Crippen molar-refractivity contribution in [2.45, 2.75) is 38.5 Å². The fourth-order valence-corrected chi connectivity index (χ4v) is 4.33. The van der Waals surface area contributed by atoms with Crippen LogP contribution in [-0.4, -0.2) is 61.4 Å². The van der Waals surface area contributed by atoms with E-state index >= 15 is 0 Å². The van der Waals surface area contributed by atoms with E-state index in [4.69, 9.17) is 0 Å². The number of amides is 2. The molecule has 0 saturated carbocycles. The summed E-state index contributed by atoms with van der Waals surface area (Å²) in [6.07, 6.45) is 5.17. The third-order valence-corrected chi connectivity index (χ3v) is 6.09. The van der Waals surface area contributed by atoms with Crippen molar-refractivity contribution in [1.82, 2.24) is 15.1 Å². The molecule has 2 amide bonds. The highest BCUT2D eigenvalue weighted by atomic mass is 35.5. The van der Waals surface area contributed by atoms with Gasteiger partial charge in [0.25, 0.3) is 0 Å². The maximum atomic E-state index is 12.8. The minimum atomic E-state index is 0. The average molecular weight is 408 g/mol. The standard InChI is InChI=1S/C22H33N3O2.ClH/c1-23-17-19-9-13-25(14-10-19)22(27)20-11-15-24(16-12-20)21(26)8-7-18-5-3-2-4-6-18;/h2-6,19-20,23H,7-17H2,1H3;1H. The van der Waals surface area contributed by atoms with Crippen LogP contribution in [0, 0.1) is 11.8 Å². The Balaban J connectivity index is 0.00000280. The molecule has 0 bridgehead atoms. The van der Waals surface area contributed by atoms with Crippen LogP contribution >= 0.6 is 12.4 Å². The summed E-state index contributed by atoms with van der Waals surface area (Å²) in [6, 6.07) is 10.2. The van der Waals surface area contributed by atoms with Gasteiger partial charge in [-0.1, -0.05) is 30.3 Å². The molecule has 0 spiro atoms. The number of nitrogens with one attached hydrogen (secondary N) is 1. The van der Waals surface area contributed by atoms with E-state index in [-0.39, 0.29) is 24.2 Å². The summed E-state index contributed by atoms with van der Waals surface area (Å²) >= 11 is 0. The van der Waals surface area contributed by atoms with E-state index < -0.39 is 0 Å². The number of halogens is 1. The van der Waals surface area contributed by atoms with Crippen LogP contribution in [-0.2, 0) is 16.0 Å². The second-order valence-corrected chi connectivity index (χ2v) is 7.97. The van der Waals surface area contributed by atoms with Crippen molar-refractivity contribution in [2.75, 3.05) is 39.8 Å². The first-order valence-electron chi connectivity index (χ1n) is 10.4. The van der Waals surface area contributed by atoms with Gasteiger partial charge in [0.1, 0.15) is 0 Å². The number of piperidine rings is 2. The molecule has 1 aromatic rings. The smallest absolute Gasteiger partial charge is 0.225 e. The monoisotopic (exact) mass is 407 g/mol. The summed E-state index contributed by atoms with van der Waals surface area (Å²) in [7, 11) is 1.99. The summed E-state index contributed by atoms with van der Waals surface area (Å²) < 4.78 is 0. The van der Waals surface area contributed by atoms with E-state index in [2.05, 4.69) is 22.3 Å². The summed E-state index contributed by atoms with van der Waals surface area (Å²) in [5.74, 6) is 1.33. The van der Waals surface area contributed by atoms with E-state index in [0.717, 1.165) is 64.8 Å². The van der Waals surface area contributed by atoms with Crippen LogP contribution in [0.2, 0.25) is 0 Å². The molecule has 0 aliphatic carbocycles. The first-order chi connectivity index (χ1) is 13.2. The Morgan fingerprint density at radius 1 is 0.964 bits per heavy atom. The molecule has 2 heterocycles. The number of carbonyl (C=O) groups is 2. The Labute approximate surface area is 175 Å². The predicted molar refractivity (Wildman–Crippen MR) is 115 cm³/mol. The molecule has 0 atom stereocenters. The third-order valence-electron chi connectivity index (χ3n) is 6.09. The molecule has 1 N–H and O–H groups in total. The number of hydrogen-bond donors (Lipinski definition) is 1. The molecule has 1 aromatic carbocycles. The van der Waals surface area contributed by atoms with E-state index in [9.17, 15) is 9.59 Å². The highest BCUT2D eigenvalue weighted by Crippen LogP contribution is 2.24. The first-order valence-corrected chi connectivity index (χ1v) is 10.4. The molecule has 2 aliphatic rings. The largest absolute Gasteiger partial charge is 0.343 e. The van der Waals surface area contributed by atoms with Crippen LogP contribution in [0.4, 0.5) is 0 Å². The van der Waals surface area contributed by atoms with Crippen LogP contribution in [0.15, 0.2) is 30.3 Å². The van der Waals surface area contributed by atoms with Crippen LogP contribution in [0.1, 0.15) is 37.7 Å². The van der Waals surface area contributed by atoms with Crippen LogP contribution < -0.4 is 5.32 Å². The molecule has 3 rings (SSSR count). The van der Waals surface area contributed by atoms with Crippen LogP contribution in [0.3, 0.4) is 0 Å². The molecule has 28 heavy (non-hydrogen) atoms. The molecule has 2 saturated heterocycles. The van der Waals surface area contributed by atoms with Gasteiger partial charge in [0.05, 0.1) is 0 Å². The molecular formula is C22H34ClN3O2. The number of nitrogens with zero attached hydrogens (tertiary/aromatic N) is 2. The molecular weight excluding hydrogens is 374 g/mol. The van der Waals surface area contributed by atoms with Gasteiger partial charge in [0.15, 0.2) is 0 Å². The molecule has 2 aliphatic heterocycles. The summed E-state index contributed by atoms with van der Waals surface area (Å²) in [6.45, 7) is 4.27. The Hall–Kier alpha value is -1.59. The van der Waals surface area contributed by atoms with E-state index in [1.807, 2.05) is 30.1 Å². The second kappa shape index (κ2) is 11.4. The Bertz CT molecular complexity index is 609. The second-order valence-electron chi connectivity index (χ2n) is 7.97. The van der Waals surface area contributed by atoms with Gasteiger partial charge < -0.3 is 15.1 Å². The van der Waals surface area contributed by atoms with Crippen molar-refractivity contribution in [2.24, 2.45) is 11.8 Å². The molecule has 0 aromatic heterocycles. The lowest BCUT2D eigenvalue weighted by Crippen LogP contribution is -2.47. The van der Waals surface area contributed by atoms with E-state index in [0.29, 0.717) is 18.2 Å². The number of carbonyl (C=O) groups excluding carboxylic acids is 2. The summed E-state index contributed by atoms with van der Waals surface area (Å²) in [5.41, 5.74) is 1.21. The van der Waals surface area contributed by atoms with Crippen molar-refractivity contribution in [1.29, 1.82) is 0 Å². The lowest BCUT2D eigenvalue weighted by atomic mass is 9.92. The molecule has 6 heteroatoms. The summed E-state index contributed by atoms with van der Waals surface area (Å²) in [5, 5.41) is 3.24. The van der Waals surface area contributed by atoms with Gasteiger partial charge in [-0.25, -0.2) is 0 Å². The van der Waals surface area contributed by atoms with Crippen molar-refractivity contribution in [3.8, 4) is 0 Å². The highest BCUT2D eigenvalue weighted by molar-refractivity contribution is 5.85. The minimum Gasteiger partial charge on any atom is -0.343 e. The molecule has 0 unspecified atom stereocenters. The van der Waals surface area contributed by atoms with Gasteiger partial charge in [-0.15, -0.1) is 12.4 Å². The normalized spacial score (nSPS) is 18.6. The fourth-order valence-electron chi connectivity index (χ4n) is 4.33. The molecule has 156 valence electrons. The average Bonchev–Trinajstić information content (AvgIpc) is 2.73. The first kappa shape index (κ1) is 22.7. The molecule has 5 nitrogen and oxygen atoms in total. The quantitative estimate of drug-likeness (QED) is 0.788. The lowest BCUT2D eigenvalue weighted by molar-refractivity contribution is -0.141. The molecule has 2 fully saturated rings. The van der Waals surface area contributed by atoms with Gasteiger partial charge in [-0.05, 0) is 57.2 Å². The third kappa shape index (κ3) is 6.21. The van der Waals surface area contributed by atoms with E-state index in [1.165, 1.54) is 5.56 Å². The van der Waals surface area contributed by atoms with Crippen LogP contribution in [0.25, 0.3) is 0 Å². The zero-order valence-electron chi connectivity index (χ0n) is 16.9. The number of aryl methyl sites for hydroxylation is 1.